The van der Waals surface area contributed by atoms with E-state index >= 15 is 0 Å². The summed E-state index contributed by atoms with van der Waals surface area (Å²) in [6, 6.07) is 30.5. The molecule has 39 heavy (non-hydrogen) atoms. The highest BCUT2D eigenvalue weighted by molar-refractivity contribution is 6.99. The average Bonchev–Trinajstić information content (AvgIpc) is 2.89. The summed E-state index contributed by atoms with van der Waals surface area (Å²) in [7, 11) is -2.81. The van der Waals surface area contributed by atoms with Gasteiger partial charge in [-0.2, -0.15) is 0 Å². The lowest BCUT2D eigenvalue weighted by molar-refractivity contribution is 0.0476. The van der Waals surface area contributed by atoms with E-state index in [1.807, 2.05) is 57.2 Å². The zero-order valence-corrected chi connectivity index (χ0v) is 25.2. The highest BCUT2D eigenvalue weighted by Gasteiger charge is 2.50. The molecule has 0 aromatic heterocycles. The van der Waals surface area contributed by atoms with E-state index in [1.165, 1.54) is 10.4 Å². The number of hydrogen-bond acceptors (Lipinski definition) is 4. The van der Waals surface area contributed by atoms with Crippen LogP contribution < -0.4 is 21.0 Å². The highest BCUT2D eigenvalue weighted by atomic mass is 28.4. The van der Waals surface area contributed by atoms with Crippen LogP contribution in [0.25, 0.3) is 0 Å². The summed E-state index contributed by atoms with van der Waals surface area (Å²) in [5.74, 6) is 0. The number of amides is 1. The molecule has 0 saturated carbocycles. The van der Waals surface area contributed by atoms with Gasteiger partial charge in [0.15, 0.2) is 0 Å². The molecule has 3 rings (SSSR count). The molecule has 0 radical (unpaired) electrons. The van der Waals surface area contributed by atoms with Crippen LogP contribution in [0.1, 0.15) is 47.1 Å². The summed E-state index contributed by atoms with van der Waals surface area (Å²) >= 11 is 0. The van der Waals surface area contributed by atoms with Gasteiger partial charge in [0.1, 0.15) is 5.60 Å². The molecule has 2 atom stereocenters. The number of carbonyl (C=O) groups excluding carboxylic acids is 1. The number of nitrogens with one attached hydrogen (secondary N) is 2. The Balaban J connectivity index is 1.98. The number of hydrogen-bond donors (Lipinski definition) is 2. The number of carbonyl (C=O) groups is 1. The number of alkyl carbamates (subject to hydrolysis) is 1. The topological polar surface area (TPSA) is 59.6 Å². The van der Waals surface area contributed by atoms with Gasteiger partial charge < -0.3 is 19.8 Å². The molecule has 0 aliphatic rings. The first-order valence-electron chi connectivity index (χ1n) is 13.6. The van der Waals surface area contributed by atoms with Gasteiger partial charge in [-0.25, -0.2) is 4.79 Å². The Hall–Kier alpha value is -3.19. The van der Waals surface area contributed by atoms with E-state index in [4.69, 9.17) is 9.16 Å². The van der Waals surface area contributed by atoms with Crippen molar-refractivity contribution < 1.29 is 14.0 Å². The summed E-state index contributed by atoms with van der Waals surface area (Å²) < 4.78 is 12.8. The van der Waals surface area contributed by atoms with Crippen LogP contribution in [0.2, 0.25) is 5.04 Å². The van der Waals surface area contributed by atoms with Crippen LogP contribution in [-0.2, 0) is 15.7 Å². The van der Waals surface area contributed by atoms with Crippen LogP contribution in [0.15, 0.2) is 104 Å². The Morgan fingerprint density at radius 1 is 0.846 bits per heavy atom. The monoisotopic (exact) mass is 544 g/mol. The lowest BCUT2D eigenvalue weighted by Gasteiger charge is -2.44. The van der Waals surface area contributed by atoms with E-state index in [9.17, 15) is 4.79 Å². The summed E-state index contributed by atoms with van der Waals surface area (Å²) in [6.07, 6.45) is 1.35. The molecular weight excluding hydrogens is 500 g/mol. The van der Waals surface area contributed by atoms with Gasteiger partial charge in [-0.05, 0) is 41.7 Å². The minimum Gasteiger partial charge on any atom is -0.444 e. The predicted molar refractivity (Wildman–Crippen MR) is 164 cm³/mol. The first-order valence-corrected chi connectivity index (χ1v) is 15.5. The van der Waals surface area contributed by atoms with Gasteiger partial charge in [0, 0.05) is 12.6 Å². The van der Waals surface area contributed by atoms with Crippen molar-refractivity contribution in [2.45, 2.75) is 70.8 Å². The molecule has 0 aliphatic carbocycles. The SMILES string of the molecule is C=C[C@@H](NCc1ccccc1)[C@@H](CO[Si](c1ccccc1)(c1ccccc1)C(C)(C)C)NC(=O)OC(C)(C)C. The molecule has 0 fully saturated rings. The summed E-state index contributed by atoms with van der Waals surface area (Å²) in [4.78, 5) is 13.0. The van der Waals surface area contributed by atoms with Crippen LogP contribution in [-0.4, -0.2) is 38.7 Å². The van der Waals surface area contributed by atoms with E-state index in [0.29, 0.717) is 6.54 Å². The highest BCUT2D eigenvalue weighted by Crippen LogP contribution is 2.37. The van der Waals surface area contributed by atoms with Crippen LogP contribution >= 0.6 is 0 Å². The molecule has 6 heteroatoms. The maximum Gasteiger partial charge on any atom is 0.408 e. The summed E-state index contributed by atoms with van der Waals surface area (Å²) in [5, 5.41) is 8.83. The van der Waals surface area contributed by atoms with Crippen molar-refractivity contribution in [3.63, 3.8) is 0 Å². The minimum absolute atomic E-state index is 0.187. The van der Waals surface area contributed by atoms with Gasteiger partial charge >= 0.3 is 6.09 Å². The maximum absolute atomic E-state index is 13.0. The Labute approximate surface area is 235 Å². The molecule has 208 valence electrons. The van der Waals surface area contributed by atoms with Crippen LogP contribution in [0.4, 0.5) is 4.79 Å². The van der Waals surface area contributed by atoms with E-state index < -0.39 is 26.1 Å². The molecule has 2 N–H and O–H groups in total. The molecule has 0 unspecified atom stereocenters. The second kappa shape index (κ2) is 13.2. The van der Waals surface area contributed by atoms with E-state index in [1.54, 1.807) is 0 Å². The Morgan fingerprint density at radius 2 is 1.33 bits per heavy atom. The Bertz CT molecular complexity index is 1130. The molecule has 3 aromatic rings. The van der Waals surface area contributed by atoms with Crippen molar-refractivity contribution in [3.05, 3.63) is 109 Å². The van der Waals surface area contributed by atoms with E-state index in [-0.39, 0.29) is 17.7 Å². The zero-order valence-electron chi connectivity index (χ0n) is 24.2. The van der Waals surface area contributed by atoms with Crippen LogP contribution in [0.5, 0.6) is 0 Å². The quantitative estimate of drug-likeness (QED) is 0.237. The zero-order chi connectivity index (χ0) is 28.5. The van der Waals surface area contributed by atoms with Crippen molar-refractivity contribution in [3.8, 4) is 0 Å². The van der Waals surface area contributed by atoms with Gasteiger partial charge in [0.2, 0.25) is 0 Å². The van der Waals surface area contributed by atoms with Gasteiger partial charge in [0.05, 0.1) is 12.6 Å². The minimum atomic E-state index is -2.81. The fourth-order valence-corrected chi connectivity index (χ4v) is 9.48. The largest absolute Gasteiger partial charge is 0.444 e. The fourth-order valence-electron chi connectivity index (χ4n) is 4.89. The third kappa shape index (κ3) is 8.15. The van der Waals surface area contributed by atoms with Crippen LogP contribution in [0, 0.1) is 0 Å². The van der Waals surface area contributed by atoms with Crippen molar-refractivity contribution in [2.75, 3.05) is 6.61 Å². The predicted octanol–water partition coefficient (Wildman–Crippen LogP) is 5.80. The smallest absolute Gasteiger partial charge is 0.408 e. The van der Waals surface area contributed by atoms with Gasteiger partial charge in [-0.1, -0.05) is 118 Å². The van der Waals surface area contributed by atoms with E-state index in [0.717, 1.165) is 5.56 Å². The van der Waals surface area contributed by atoms with Crippen molar-refractivity contribution in [1.29, 1.82) is 0 Å². The van der Waals surface area contributed by atoms with Gasteiger partial charge in [-0.15, -0.1) is 6.58 Å². The third-order valence-electron chi connectivity index (χ3n) is 6.67. The lowest BCUT2D eigenvalue weighted by atomic mass is 10.1. The first kappa shape index (κ1) is 30.3. The third-order valence-corrected chi connectivity index (χ3v) is 11.7. The summed E-state index contributed by atoms with van der Waals surface area (Å²) in [5.41, 5.74) is 0.530. The van der Waals surface area contributed by atoms with Crippen molar-refractivity contribution in [2.24, 2.45) is 0 Å². The van der Waals surface area contributed by atoms with Gasteiger partial charge in [-0.3, -0.25) is 0 Å². The second-order valence-corrected chi connectivity index (χ2v) is 16.2. The van der Waals surface area contributed by atoms with Crippen LogP contribution in [0.3, 0.4) is 0 Å². The number of rotatable bonds is 11. The Morgan fingerprint density at radius 3 is 1.77 bits per heavy atom. The molecule has 0 spiro atoms. The molecule has 0 saturated heterocycles. The molecule has 0 heterocycles. The second-order valence-electron chi connectivity index (χ2n) is 11.9. The molecule has 0 aliphatic heterocycles. The average molecular weight is 545 g/mol. The normalized spacial score (nSPS) is 13.8. The standard InChI is InChI=1S/C33H44N2O3Si/c1-8-29(34-24-26-18-12-9-13-19-26)30(35-31(36)38-32(2,3)4)25-37-39(33(5,6)7,27-20-14-10-15-21-27)28-22-16-11-17-23-28/h8-23,29-30,34H,1,24-25H2,2-7H3,(H,35,36)/t29-,30-/m1/s1. The fraction of sp³-hybridized carbons (Fsp3) is 0.364. The molecule has 0 bridgehead atoms. The molecular formula is C33H44N2O3Si. The molecule has 3 aromatic carbocycles. The number of benzene rings is 3. The van der Waals surface area contributed by atoms with Crippen molar-refractivity contribution in [1.82, 2.24) is 10.6 Å². The molecule has 5 nitrogen and oxygen atoms in total. The maximum atomic E-state index is 13.0. The number of ether oxygens (including phenoxy) is 1. The van der Waals surface area contributed by atoms with Crippen molar-refractivity contribution >= 4 is 24.8 Å². The Kier molecular flexibility index (Phi) is 10.3. The van der Waals surface area contributed by atoms with Gasteiger partial charge in [0.25, 0.3) is 8.32 Å². The lowest BCUT2D eigenvalue weighted by Crippen LogP contribution is -2.68. The first-order chi connectivity index (χ1) is 18.5. The summed E-state index contributed by atoms with van der Waals surface area (Å²) in [6.45, 7) is 17.3. The van der Waals surface area contributed by atoms with E-state index in [2.05, 4.69) is 98.6 Å². The molecule has 1 amide bonds.